The lowest BCUT2D eigenvalue weighted by Crippen LogP contribution is -2.46. The third kappa shape index (κ3) is 1.89. The number of aliphatic hydroxyl groups is 2. The van der Waals surface area contributed by atoms with Crippen molar-refractivity contribution in [3.63, 3.8) is 0 Å². The van der Waals surface area contributed by atoms with Gasteiger partial charge >= 0.3 is 0 Å². The van der Waals surface area contributed by atoms with Gasteiger partial charge < -0.3 is 25.4 Å². The van der Waals surface area contributed by atoms with Crippen molar-refractivity contribution in [3.8, 4) is 0 Å². The lowest BCUT2D eigenvalue weighted by atomic mass is 9.96. The van der Waals surface area contributed by atoms with Crippen LogP contribution in [0, 0.1) is 0 Å². The molecule has 21 heavy (non-hydrogen) atoms. The molecule has 1 aliphatic rings. The minimum absolute atomic E-state index is 0.259. The van der Waals surface area contributed by atoms with Crippen LogP contribution >= 0.6 is 0 Å². The summed E-state index contributed by atoms with van der Waals surface area (Å²) in [5, 5.41) is 19.6. The second-order valence-corrected chi connectivity index (χ2v) is 5.13. The van der Waals surface area contributed by atoms with E-state index in [9.17, 15) is 10.2 Å². The molecule has 0 aromatic carbocycles. The predicted molar refractivity (Wildman–Crippen MR) is 72.2 cm³/mol. The zero-order chi connectivity index (χ0) is 15.2. The Bertz CT molecular complexity index is 662. The number of aliphatic hydroxyl groups excluding tert-OH is 2. The first-order valence-corrected chi connectivity index (χ1v) is 6.45. The Morgan fingerprint density at radius 3 is 2.90 bits per heavy atom. The number of nitrogens with two attached hydrogens (primary N) is 1. The smallest absolute Gasteiger partial charge is 0.168 e. The van der Waals surface area contributed by atoms with E-state index in [1.807, 2.05) is 0 Å². The molecule has 1 saturated heterocycles. The number of fused-ring (bicyclic) bond motifs is 1. The second kappa shape index (κ2) is 4.88. The van der Waals surface area contributed by atoms with Crippen LogP contribution in [0.25, 0.3) is 11.2 Å². The van der Waals surface area contributed by atoms with E-state index in [0.29, 0.717) is 11.2 Å². The molecule has 9 nitrogen and oxygen atoms in total. The molecule has 9 heteroatoms. The number of nitrogens with zero attached hydrogens (tertiary/aromatic N) is 4. The van der Waals surface area contributed by atoms with E-state index in [0.717, 1.165) is 0 Å². The van der Waals surface area contributed by atoms with E-state index in [4.69, 9.17) is 15.2 Å². The normalized spacial score (nSPS) is 32.9. The highest BCUT2D eigenvalue weighted by atomic mass is 16.6. The average Bonchev–Trinajstić information content (AvgIpc) is 3.01. The number of hydrogen-bond acceptors (Lipinski definition) is 8. The SMILES string of the molecule is CO[C@@]1(C)[C@H](O)[C@@H](CO)O[C@H]1n1cnc2c(N)ncnc21. The molecule has 1 aliphatic heterocycles. The first-order chi connectivity index (χ1) is 10.0. The van der Waals surface area contributed by atoms with E-state index in [-0.39, 0.29) is 12.4 Å². The summed E-state index contributed by atoms with van der Waals surface area (Å²) < 4.78 is 12.8. The Balaban J connectivity index is 2.11. The molecule has 4 atom stereocenters. The van der Waals surface area contributed by atoms with Gasteiger partial charge in [0.1, 0.15) is 29.7 Å². The largest absolute Gasteiger partial charge is 0.394 e. The number of ether oxygens (including phenoxy) is 2. The number of imidazole rings is 1. The zero-order valence-corrected chi connectivity index (χ0v) is 11.7. The molecule has 0 aliphatic carbocycles. The lowest BCUT2D eigenvalue weighted by molar-refractivity contribution is -0.119. The zero-order valence-electron chi connectivity index (χ0n) is 11.7. The third-order valence-corrected chi connectivity index (χ3v) is 3.99. The lowest BCUT2D eigenvalue weighted by Gasteiger charge is -2.31. The van der Waals surface area contributed by atoms with Crippen LogP contribution in [0.1, 0.15) is 13.2 Å². The van der Waals surface area contributed by atoms with Gasteiger partial charge in [0.2, 0.25) is 0 Å². The van der Waals surface area contributed by atoms with Crippen molar-refractivity contribution in [2.75, 3.05) is 19.5 Å². The Morgan fingerprint density at radius 1 is 1.48 bits per heavy atom. The molecule has 0 spiro atoms. The molecule has 0 bridgehead atoms. The number of hydrogen-bond donors (Lipinski definition) is 3. The molecule has 0 saturated carbocycles. The van der Waals surface area contributed by atoms with Crippen LogP contribution in [-0.2, 0) is 9.47 Å². The standard InChI is InChI=1S/C12H17N5O4/c1-12(20-2)8(19)6(3-18)21-11(12)17-5-16-7-9(13)14-4-15-10(7)17/h4-6,8,11,18-19H,3H2,1-2H3,(H2,13,14,15)/t6-,8-,11-,12+/m1/s1. The minimum Gasteiger partial charge on any atom is -0.394 e. The van der Waals surface area contributed by atoms with Crippen molar-refractivity contribution >= 4 is 17.0 Å². The maximum atomic E-state index is 10.3. The summed E-state index contributed by atoms with van der Waals surface area (Å²) in [7, 11) is 1.47. The molecular formula is C12H17N5O4. The van der Waals surface area contributed by atoms with Crippen molar-refractivity contribution in [2.24, 2.45) is 0 Å². The maximum Gasteiger partial charge on any atom is 0.168 e. The van der Waals surface area contributed by atoms with Crippen LogP contribution in [0.3, 0.4) is 0 Å². The third-order valence-electron chi connectivity index (χ3n) is 3.99. The van der Waals surface area contributed by atoms with E-state index >= 15 is 0 Å². The first kappa shape index (κ1) is 14.1. The summed E-state index contributed by atoms with van der Waals surface area (Å²) in [5.41, 5.74) is 5.63. The number of anilines is 1. The van der Waals surface area contributed by atoms with Crippen LogP contribution in [0.5, 0.6) is 0 Å². The van der Waals surface area contributed by atoms with Gasteiger partial charge in [-0.15, -0.1) is 0 Å². The highest BCUT2D eigenvalue weighted by Gasteiger charge is 2.54. The topological polar surface area (TPSA) is 129 Å². The number of methoxy groups -OCH3 is 1. The number of aromatic nitrogens is 4. The average molecular weight is 295 g/mol. The van der Waals surface area contributed by atoms with E-state index in [1.54, 1.807) is 11.5 Å². The summed E-state index contributed by atoms with van der Waals surface area (Å²) in [6, 6.07) is 0. The minimum atomic E-state index is -1.05. The van der Waals surface area contributed by atoms with Crippen molar-refractivity contribution in [1.82, 2.24) is 19.5 Å². The maximum absolute atomic E-state index is 10.3. The molecule has 3 heterocycles. The van der Waals surface area contributed by atoms with Crippen molar-refractivity contribution < 1.29 is 19.7 Å². The summed E-state index contributed by atoms with van der Waals surface area (Å²) in [6.45, 7) is 1.38. The van der Waals surface area contributed by atoms with Gasteiger partial charge in [-0.3, -0.25) is 4.57 Å². The Hall–Kier alpha value is -1.81. The molecule has 0 amide bonds. The molecule has 114 valence electrons. The van der Waals surface area contributed by atoms with Gasteiger partial charge in [0.15, 0.2) is 17.7 Å². The van der Waals surface area contributed by atoms with Gasteiger partial charge in [0, 0.05) is 7.11 Å². The van der Waals surface area contributed by atoms with Gasteiger partial charge in [-0.2, -0.15) is 0 Å². The van der Waals surface area contributed by atoms with E-state index < -0.39 is 24.0 Å². The fourth-order valence-corrected chi connectivity index (χ4v) is 2.64. The quantitative estimate of drug-likeness (QED) is 0.662. The predicted octanol–water partition coefficient (Wildman–Crippen LogP) is -0.936. The van der Waals surface area contributed by atoms with Gasteiger partial charge in [-0.1, -0.05) is 0 Å². The van der Waals surface area contributed by atoms with Crippen LogP contribution < -0.4 is 5.73 Å². The molecular weight excluding hydrogens is 278 g/mol. The Labute approximate surface area is 120 Å². The van der Waals surface area contributed by atoms with Gasteiger partial charge in [0.25, 0.3) is 0 Å². The van der Waals surface area contributed by atoms with Crippen LogP contribution in [0.15, 0.2) is 12.7 Å². The van der Waals surface area contributed by atoms with Crippen molar-refractivity contribution in [2.45, 2.75) is 31.0 Å². The van der Waals surface area contributed by atoms with E-state index in [2.05, 4.69) is 15.0 Å². The molecule has 2 aromatic rings. The highest BCUT2D eigenvalue weighted by molar-refractivity contribution is 5.81. The fraction of sp³-hybridized carbons (Fsp3) is 0.583. The van der Waals surface area contributed by atoms with Crippen LogP contribution in [-0.4, -0.2) is 61.3 Å². The summed E-state index contributed by atoms with van der Waals surface area (Å²) in [5.74, 6) is 0.259. The number of nitrogen functional groups attached to an aromatic ring is 1. The van der Waals surface area contributed by atoms with Crippen molar-refractivity contribution in [3.05, 3.63) is 12.7 Å². The highest BCUT2D eigenvalue weighted by Crippen LogP contribution is 2.41. The molecule has 0 unspecified atom stereocenters. The molecule has 2 aromatic heterocycles. The first-order valence-electron chi connectivity index (χ1n) is 6.45. The van der Waals surface area contributed by atoms with Crippen molar-refractivity contribution in [1.29, 1.82) is 0 Å². The molecule has 0 radical (unpaired) electrons. The van der Waals surface area contributed by atoms with E-state index in [1.165, 1.54) is 19.8 Å². The number of rotatable bonds is 3. The summed E-state index contributed by atoms with van der Waals surface area (Å²) >= 11 is 0. The molecule has 4 N–H and O–H groups in total. The van der Waals surface area contributed by atoms with Crippen LogP contribution in [0.4, 0.5) is 5.82 Å². The molecule has 1 fully saturated rings. The Morgan fingerprint density at radius 2 is 2.24 bits per heavy atom. The van der Waals surface area contributed by atoms with Gasteiger partial charge in [0.05, 0.1) is 12.9 Å². The molecule has 3 rings (SSSR count). The summed E-state index contributed by atoms with van der Waals surface area (Å²) in [4.78, 5) is 12.2. The second-order valence-electron chi connectivity index (χ2n) is 5.13. The van der Waals surface area contributed by atoms with Crippen LogP contribution in [0.2, 0.25) is 0 Å². The fourth-order valence-electron chi connectivity index (χ4n) is 2.64. The Kier molecular flexibility index (Phi) is 3.29. The van der Waals surface area contributed by atoms with Gasteiger partial charge in [-0.05, 0) is 6.92 Å². The van der Waals surface area contributed by atoms with Gasteiger partial charge in [-0.25, -0.2) is 15.0 Å². The monoisotopic (exact) mass is 295 g/mol. The summed E-state index contributed by atoms with van der Waals surface area (Å²) in [6.07, 6.45) is 0.388.